The van der Waals surface area contributed by atoms with Crippen LogP contribution >= 0.6 is 0 Å². The number of hydrogen-bond acceptors (Lipinski definition) is 5. The minimum Gasteiger partial charge on any atom is -0.465 e. The molecule has 0 N–H and O–H groups in total. The molecular formula is C11H12N2O4. The van der Waals surface area contributed by atoms with Crippen LogP contribution in [0, 0.1) is 4.91 Å². The number of hydrogen-bond donors (Lipinski definition) is 0. The summed E-state index contributed by atoms with van der Waals surface area (Å²) >= 11 is 0. The largest absolute Gasteiger partial charge is 0.465 e. The molecule has 17 heavy (non-hydrogen) atoms. The second-order valence-electron chi connectivity index (χ2n) is 3.12. The number of ether oxygens (including phenoxy) is 1. The highest BCUT2D eigenvalue weighted by Crippen LogP contribution is 2.05. The third-order valence-electron chi connectivity index (χ3n) is 1.94. The molecule has 6 heteroatoms. The van der Waals surface area contributed by atoms with Gasteiger partial charge in [-0.25, -0.2) is 0 Å². The van der Waals surface area contributed by atoms with Gasteiger partial charge in [-0.2, -0.15) is 5.01 Å². The highest BCUT2D eigenvalue weighted by molar-refractivity contribution is 5.95. The van der Waals surface area contributed by atoms with E-state index in [1.165, 1.54) is 12.1 Å². The molecule has 0 aliphatic carbocycles. The highest BCUT2D eigenvalue weighted by atomic mass is 16.5. The quantitative estimate of drug-likeness (QED) is 0.439. The van der Waals surface area contributed by atoms with Gasteiger partial charge in [0.2, 0.25) is 0 Å². The molecule has 0 spiro atoms. The number of esters is 1. The Morgan fingerprint density at radius 3 is 2.47 bits per heavy atom. The fourth-order valence-electron chi connectivity index (χ4n) is 1.20. The number of nitrogens with zero attached hydrogens (tertiary/aromatic N) is 2. The van der Waals surface area contributed by atoms with E-state index < -0.39 is 18.4 Å². The molecule has 0 aliphatic rings. The predicted octanol–water partition coefficient (Wildman–Crippen LogP) is 1.37. The third kappa shape index (κ3) is 3.67. The summed E-state index contributed by atoms with van der Waals surface area (Å²) in [6, 6.07) is 8.11. The number of carbonyl (C=O) groups excluding carboxylic acids is 2. The number of benzene rings is 1. The van der Waals surface area contributed by atoms with Crippen molar-refractivity contribution in [3.05, 3.63) is 40.8 Å². The molecule has 0 bridgehead atoms. The van der Waals surface area contributed by atoms with Gasteiger partial charge >= 0.3 is 5.97 Å². The van der Waals surface area contributed by atoms with Gasteiger partial charge in [-0.3, -0.25) is 9.59 Å². The van der Waals surface area contributed by atoms with E-state index in [4.69, 9.17) is 0 Å². The first-order chi connectivity index (χ1) is 8.19. The van der Waals surface area contributed by atoms with Gasteiger partial charge < -0.3 is 4.74 Å². The lowest BCUT2D eigenvalue weighted by molar-refractivity contribution is -0.143. The van der Waals surface area contributed by atoms with E-state index in [9.17, 15) is 14.5 Å². The van der Waals surface area contributed by atoms with Crippen molar-refractivity contribution in [2.24, 2.45) is 5.29 Å². The summed E-state index contributed by atoms with van der Waals surface area (Å²) < 4.78 is 4.63. The van der Waals surface area contributed by atoms with Gasteiger partial charge in [-0.15, -0.1) is 4.91 Å². The number of amides is 1. The van der Waals surface area contributed by atoms with Gasteiger partial charge in [0.1, 0.15) is 6.54 Å². The standard InChI is InChI=1S/C11H12N2O4/c1-2-17-10(14)8-13(12-16)11(15)9-6-4-3-5-7-9/h3-7H,2,8H2,1H3. The summed E-state index contributed by atoms with van der Waals surface area (Å²) in [5.74, 6) is -1.30. The molecule has 0 heterocycles. The van der Waals surface area contributed by atoms with Crippen LogP contribution in [-0.4, -0.2) is 30.0 Å². The summed E-state index contributed by atoms with van der Waals surface area (Å²) in [7, 11) is 0. The first-order valence-electron chi connectivity index (χ1n) is 5.04. The molecule has 1 rings (SSSR count). The molecule has 0 unspecified atom stereocenters. The Labute approximate surface area is 98.1 Å². The van der Waals surface area contributed by atoms with Crippen LogP contribution in [0.25, 0.3) is 0 Å². The molecule has 0 atom stereocenters. The molecule has 6 nitrogen and oxygen atoms in total. The summed E-state index contributed by atoms with van der Waals surface area (Å²) in [6.07, 6.45) is 0. The second-order valence-corrected chi connectivity index (χ2v) is 3.12. The monoisotopic (exact) mass is 236 g/mol. The Morgan fingerprint density at radius 1 is 1.29 bits per heavy atom. The van der Waals surface area contributed by atoms with E-state index in [0.717, 1.165) is 0 Å². The zero-order valence-electron chi connectivity index (χ0n) is 9.33. The Morgan fingerprint density at radius 2 is 1.94 bits per heavy atom. The van der Waals surface area contributed by atoms with Crippen molar-refractivity contribution in [2.45, 2.75) is 6.92 Å². The maximum absolute atomic E-state index is 11.7. The van der Waals surface area contributed by atoms with Crippen LogP contribution in [0.2, 0.25) is 0 Å². The zero-order chi connectivity index (χ0) is 12.7. The summed E-state index contributed by atoms with van der Waals surface area (Å²) in [5.41, 5.74) is 0.288. The summed E-state index contributed by atoms with van der Waals surface area (Å²) in [6.45, 7) is 1.34. The molecule has 0 aromatic heterocycles. The van der Waals surface area contributed by atoms with Crippen LogP contribution in [0.5, 0.6) is 0 Å². The molecule has 1 aromatic carbocycles. The maximum Gasteiger partial charge on any atom is 0.328 e. The fraction of sp³-hybridized carbons (Fsp3) is 0.273. The van der Waals surface area contributed by atoms with Gasteiger partial charge in [-0.05, 0) is 19.1 Å². The average molecular weight is 236 g/mol. The van der Waals surface area contributed by atoms with Crippen molar-refractivity contribution in [2.75, 3.05) is 13.2 Å². The van der Waals surface area contributed by atoms with Crippen molar-refractivity contribution in [3.63, 3.8) is 0 Å². The predicted molar refractivity (Wildman–Crippen MR) is 59.9 cm³/mol. The SMILES string of the molecule is CCOC(=O)CN(N=O)C(=O)c1ccccc1. The van der Waals surface area contributed by atoms with Crippen molar-refractivity contribution in [1.29, 1.82) is 0 Å². The molecule has 1 amide bonds. The molecule has 0 saturated carbocycles. The Hall–Kier alpha value is -2.24. The molecule has 0 saturated heterocycles. The van der Waals surface area contributed by atoms with Crippen molar-refractivity contribution < 1.29 is 14.3 Å². The summed E-state index contributed by atoms with van der Waals surface area (Å²) in [4.78, 5) is 33.4. The smallest absolute Gasteiger partial charge is 0.328 e. The van der Waals surface area contributed by atoms with Crippen LogP contribution in [-0.2, 0) is 9.53 Å². The van der Waals surface area contributed by atoms with Gasteiger partial charge in [0.15, 0.2) is 0 Å². The van der Waals surface area contributed by atoms with Gasteiger partial charge in [0, 0.05) is 5.56 Å². The van der Waals surface area contributed by atoms with Crippen LogP contribution in [0.1, 0.15) is 17.3 Å². The van der Waals surface area contributed by atoms with E-state index in [1.807, 2.05) is 0 Å². The zero-order valence-corrected chi connectivity index (χ0v) is 9.33. The van der Waals surface area contributed by atoms with E-state index in [2.05, 4.69) is 10.0 Å². The van der Waals surface area contributed by atoms with Crippen LogP contribution < -0.4 is 0 Å². The topological polar surface area (TPSA) is 76.0 Å². The van der Waals surface area contributed by atoms with Crippen LogP contribution in [0.3, 0.4) is 0 Å². The fourth-order valence-corrected chi connectivity index (χ4v) is 1.20. The average Bonchev–Trinajstić information content (AvgIpc) is 2.36. The third-order valence-corrected chi connectivity index (χ3v) is 1.94. The Kier molecular flexibility index (Phi) is 4.80. The van der Waals surface area contributed by atoms with E-state index >= 15 is 0 Å². The first kappa shape index (κ1) is 12.8. The van der Waals surface area contributed by atoms with Gasteiger partial charge in [0.25, 0.3) is 5.91 Å². The Balaban J connectivity index is 2.71. The molecule has 0 aliphatic heterocycles. The van der Waals surface area contributed by atoms with Crippen molar-refractivity contribution in [3.8, 4) is 0 Å². The van der Waals surface area contributed by atoms with Gasteiger partial charge in [0.05, 0.1) is 11.9 Å². The summed E-state index contributed by atoms with van der Waals surface area (Å²) in [5, 5.41) is 3.05. The minimum atomic E-state index is -0.670. The first-order valence-corrected chi connectivity index (χ1v) is 5.04. The molecule has 0 fully saturated rings. The number of rotatable bonds is 5. The highest BCUT2D eigenvalue weighted by Gasteiger charge is 2.19. The molecular weight excluding hydrogens is 224 g/mol. The number of nitroso groups, excluding NO2 is 1. The second kappa shape index (κ2) is 6.37. The lowest BCUT2D eigenvalue weighted by atomic mass is 10.2. The Bertz CT molecular complexity index is 405. The van der Waals surface area contributed by atoms with Crippen molar-refractivity contribution >= 4 is 11.9 Å². The lowest BCUT2D eigenvalue weighted by Crippen LogP contribution is -2.31. The normalized spacial score (nSPS) is 9.47. The van der Waals surface area contributed by atoms with E-state index in [1.54, 1.807) is 25.1 Å². The van der Waals surface area contributed by atoms with E-state index in [0.29, 0.717) is 5.01 Å². The minimum absolute atomic E-state index is 0.186. The number of carbonyl (C=O) groups is 2. The molecule has 0 radical (unpaired) electrons. The van der Waals surface area contributed by atoms with Crippen LogP contribution in [0.4, 0.5) is 0 Å². The lowest BCUT2D eigenvalue weighted by Gasteiger charge is -2.12. The van der Waals surface area contributed by atoms with E-state index in [-0.39, 0.29) is 12.2 Å². The van der Waals surface area contributed by atoms with Crippen LogP contribution in [0.15, 0.2) is 35.6 Å². The molecule has 1 aromatic rings. The van der Waals surface area contributed by atoms with Gasteiger partial charge in [-0.1, -0.05) is 18.2 Å². The maximum atomic E-state index is 11.7. The molecule has 90 valence electrons. The van der Waals surface area contributed by atoms with Crippen molar-refractivity contribution in [1.82, 2.24) is 5.01 Å².